The molecule has 0 fully saturated rings. The highest BCUT2D eigenvalue weighted by molar-refractivity contribution is 6.10. The number of fused-ring (bicyclic) bond motifs is 2. The molecule has 104 valence electrons. The third-order valence-electron chi connectivity index (χ3n) is 3.29. The summed E-state index contributed by atoms with van der Waals surface area (Å²) in [6, 6.07) is 12.2. The van der Waals surface area contributed by atoms with Crippen molar-refractivity contribution >= 4 is 17.3 Å². The van der Waals surface area contributed by atoms with Gasteiger partial charge in [0.15, 0.2) is 5.75 Å². The summed E-state index contributed by atoms with van der Waals surface area (Å²) in [5, 5.41) is 3.53. The Morgan fingerprint density at radius 1 is 1.24 bits per heavy atom. The number of carbonyl (C=O) groups excluding carboxylic acids is 1. The summed E-state index contributed by atoms with van der Waals surface area (Å²) in [5.74, 6) is 0.913. The highest BCUT2D eigenvalue weighted by Crippen LogP contribution is 2.39. The van der Waals surface area contributed by atoms with Crippen LogP contribution in [-0.4, -0.2) is 12.5 Å². The molecule has 0 N–H and O–H groups in total. The van der Waals surface area contributed by atoms with Gasteiger partial charge in [-0.05, 0) is 42.8 Å². The number of hydrogen-bond donors (Lipinski definition) is 0. The number of hydrogen-bond acceptors (Lipinski definition) is 3. The zero-order chi connectivity index (χ0) is 14.8. The first-order chi connectivity index (χ1) is 10.2. The van der Waals surface area contributed by atoms with E-state index in [-0.39, 0.29) is 5.91 Å². The molecule has 1 heterocycles. The van der Waals surface area contributed by atoms with Gasteiger partial charge in [0.2, 0.25) is 0 Å². The molecule has 0 saturated carbocycles. The lowest BCUT2D eigenvalue weighted by Crippen LogP contribution is -2.29. The van der Waals surface area contributed by atoms with E-state index in [1.807, 2.05) is 31.2 Å². The maximum Gasteiger partial charge on any atom is 0.262 e. The molecule has 0 aromatic heterocycles. The van der Waals surface area contributed by atoms with E-state index in [2.05, 4.69) is 10.0 Å². The quantitative estimate of drug-likeness (QED) is 0.464. The van der Waals surface area contributed by atoms with Crippen molar-refractivity contribution in [3.63, 3.8) is 0 Å². The van der Waals surface area contributed by atoms with E-state index in [0.29, 0.717) is 29.3 Å². The summed E-state index contributed by atoms with van der Waals surface area (Å²) in [5.41, 5.74) is 10.0. The molecule has 1 amide bonds. The topological polar surface area (TPSA) is 78.3 Å². The molecule has 0 bridgehead atoms. The number of rotatable bonds is 2. The number of nitrogens with zero attached hydrogens (tertiary/aromatic N) is 4. The number of anilines is 1. The molecule has 6 nitrogen and oxygen atoms in total. The molecule has 21 heavy (non-hydrogen) atoms. The van der Waals surface area contributed by atoms with Crippen LogP contribution in [0.3, 0.4) is 0 Å². The van der Waals surface area contributed by atoms with E-state index in [0.717, 1.165) is 5.69 Å². The molecule has 3 rings (SSSR count). The predicted octanol–water partition coefficient (Wildman–Crippen LogP) is 4.40. The van der Waals surface area contributed by atoms with E-state index >= 15 is 0 Å². The monoisotopic (exact) mass is 280 g/mol. The van der Waals surface area contributed by atoms with Crippen molar-refractivity contribution in [1.29, 1.82) is 0 Å². The van der Waals surface area contributed by atoms with Gasteiger partial charge in [0.25, 0.3) is 5.91 Å². The summed E-state index contributed by atoms with van der Waals surface area (Å²) in [4.78, 5) is 17.1. The lowest BCUT2D eigenvalue weighted by atomic mass is 10.1. The highest BCUT2D eigenvalue weighted by Gasteiger charge is 2.27. The van der Waals surface area contributed by atoms with Crippen LogP contribution >= 0.6 is 0 Å². The highest BCUT2D eigenvalue weighted by atomic mass is 16.5. The summed E-state index contributed by atoms with van der Waals surface area (Å²) in [6.45, 7) is 2.42. The van der Waals surface area contributed by atoms with Crippen molar-refractivity contribution in [3.8, 4) is 11.5 Å². The molecule has 0 saturated heterocycles. The Morgan fingerprint density at radius 2 is 2.05 bits per heavy atom. The van der Waals surface area contributed by atoms with Crippen molar-refractivity contribution in [2.75, 3.05) is 11.4 Å². The number of azide groups is 1. The van der Waals surface area contributed by atoms with Gasteiger partial charge in [0.1, 0.15) is 5.75 Å². The molecule has 2 aromatic rings. The first kappa shape index (κ1) is 13.0. The van der Waals surface area contributed by atoms with Crippen LogP contribution in [0.15, 0.2) is 47.6 Å². The number of benzene rings is 2. The number of carbonyl (C=O) groups is 1. The Kier molecular flexibility index (Phi) is 3.22. The van der Waals surface area contributed by atoms with Gasteiger partial charge in [-0.1, -0.05) is 17.2 Å². The van der Waals surface area contributed by atoms with Crippen LogP contribution in [0.4, 0.5) is 11.4 Å². The van der Waals surface area contributed by atoms with Crippen LogP contribution in [0.25, 0.3) is 10.4 Å². The minimum Gasteiger partial charge on any atom is -0.454 e. The Hall–Kier alpha value is -2.98. The molecule has 1 aliphatic heterocycles. The average molecular weight is 280 g/mol. The second-order valence-corrected chi connectivity index (χ2v) is 4.49. The zero-order valence-corrected chi connectivity index (χ0v) is 11.4. The minimum atomic E-state index is -0.174. The second-order valence-electron chi connectivity index (χ2n) is 4.49. The molecular formula is C15H12N4O2. The van der Waals surface area contributed by atoms with Gasteiger partial charge in [0.05, 0.1) is 11.3 Å². The molecule has 0 spiro atoms. The van der Waals surface area contributed by atoms with Gasteiger partial charge >= 0.3 is 0 Å². The first-order valence-corrected chi connectivity index (χ1v) is 6.52. The summed E-state index contributed by atoms with van der Waals surface area (Å²) >= 11 is 0. The predicted molar refractivity (Wildman–Crippen MR) is 79.1 cm³/mol. The molecule has 6 heteroatoms. The maximum atomic E-state index is 12.7. The fourth-order valence-corrected chi connectivity index (χ4v) is 2.34. The van der Waals surface area contributed by atoms with Gasteiger partial charge in [-0.2, -0.15) is 0 Å². The molecule has 0 aliphatic carbocycles. The summed E-state index contributed by atoms with van der Waals surface area (Å²) < 4.78 is 5.84. The van der Waals surface area contributed by atoms with Crippen molar-refractivity contribution in [3.05, 3.63) is 58.5 Å². The van der Waals surface area contributed by atoms with Crippen molar-refractivity contribution < 1.29 is 9.53 Å². The normalized spacial score (nSPS) is 12.6. The largest absolute Gasteiger partial charge is 0.454 e. The SMILES string of the molecule is CCN1C(=O)c2cc(N=[N+]=[N-])ccc2Oc2ccccc21. The Bertz CT molecular complexity index is 766. The van der Waals surface area contributed by atoms with E-state index in [1.54, 1.807) is 23.1 Å². The van der Waals surface area contributed by atoms with Crippen LogP contribution in [0, 0.1) is 0 Å². The lowest BCUT2D eigenvalue weighted by molar-refractivity contribution is 0.0988. The Balaban J connectivity index is 2.20. The lowest BCUT2D eigenvalue weighted by Gasteiger charge is -2.19. The number of ether oxygens (including phenoxy) is 1. The van der Waals surface area contributed by atoms with E-state index < -0.39 is 0 Å². The van der Waals surface area contributed by atoms with Crippen LogP contribution in [0.5, 0.6) is 11.5 Å². The van der Waals surface area contributed by atoms with E-state index in [4.69, 9.17) is 10.3 Å². The number of para-hydroxylation sites is 2. The number of amides is 1. The van der Waals surface area contributed by atoms with Crippen LogP contribution < -0.4 is 9.64 Å². The fraction of sp³-hybridized carbons (Fsp3) is 0.133. The fourth-order valence-electron chi connectivity index (χ4n) is 2.34. The first-order valence-electron chi connectivity index (χ1n) is 6.52. The standard InChI is InChI=1S/C15H12N4O2/c1-2-19-12-5-3-4-6-14(12)21-13-8-7-10(17-18-16)9-11(13)15(19)20/h3-9H,2H2,1H3. The van der Waals surface area contributed by atoms with Crippen LogP contribution in [-0.2, 0) is 0 Å². The smallest absolute Gasteiger partial charge is 0.262 e. The molecule has 0 radical (unpaired) electrons. The third kappa shape index (κ3) is 2.17. The van der Waals surface area contributed by atoms with Gasteiger partial charge < -0.3 is 9.64 Å². The molecule has 2 aromatic carbocycles. The second kappa shape index (κ2) is 5.19. The van der Waals surface area contributed by atoms with Crippen LogP contribution in [0.1, 0.15) is 17.3 Å². The molecular weight excluding hydrogens is 268 g/mol. The van der Waals surface area contributed by atoms with Crippen molar-refractivity contribution in [2.45, 2.75) is 6.92 Å². The van der Waals surface area contributed by atoms with Crippen LogP contribution in [0.2, 0.25) is 0 Å². The van der Waals surface area contributed by atoms with Gasteiger partial charge in [-0.3, -0.25) is 4.79 Å². The average Bonchev–Trinajstić information content (AvgIpc) is 2.62. The Labute approximate surface area is 121 Å². The van der Waals surface area contributed by atoms with Gasteiger partial charge in [0, 0.05) is 17.1 Å². The van der Waals surface area contributed by atoms with Gasteiger partial charge in [-0.25, -0.2) is 0 Å². The molecule has 0 atom stereocenters. The van der Waals surface area contributed by atoms with E-state index in [9.17, 15) is 4.79 Å². The Morgan fingerprint density at radius 3 is 2.81 bits per heavy atom. The molecule has 0 unspecified atom stereocenters. The van der Waals surface area contributed by atoms with E-state index in [1.165, 1.54) is 0 Å². The maximum absolute atomic E-state index is 12.7. The summed E-state index contributed by atoms with van der Waals surface area (Å²) in [6.07, 6.45) is 0. The summed E-state index contributed by atoms with van der Waals surface area (Å²) in [7, 11) is 0. The van der Waals surface area contributed by atoms with Crippen molar-refractivity contribution in [2.24, 2.45) is 5.11 Å². The minimum absolute atomic E-state index is 0.174. The third-order valence-corrected chi connectivity index (χ3v) is 3.29. The van der Waals surface area contributed by atoms with Gasteiger partial charge in [-0.15, -0.1) is 0 Å². The molecule has 1 aliphatic rings. The van der Waals surface area contributed by atoms with Crippen molar-refractivity contribution in [1.82, 2.24) is 0 Å². The zero-order valence-electron chi connectivity index (χ0n) is 11.4.